The van der Waals surface area contributed by atoms with Gasteiger partial charge in [0.1, 0.15) is 17.3 Å². The van der Waals surface area contributed by atoms with Crippen LogP contribution in [0.25, 0.3) is 11.3 Å². The van der Waals surface area contributed by atoms with Gasteiger partial charge in [-0.25, -0.2) is 4.39 Å². The minimum atomic E-state index is -0.362. The molecule has 2 amide bonds. The Labute approximate surface area is 214 Å². The molecule has 1 fully saturated rings. The van der Waals surface area contributed by atoms with Crippen LogP contribution in [0.2, 0.25) is 0 Å². The van der Waals surface area contributed by atoms with Gasteiger partial charge in [0, 0.05) is 38.7 Å². The molecule has 196 valence electrons. The van der Waals surface area contributed by atoms with Crippen molar-refractivity contribution in [2.24, 2.45) is 0 Å². The Morgan fingerprint density at radius 3 is 2.65 bits per heavy atom. The van der Waals surface area contributed by atoms with Crippen molar-refractivity contribution in [3.63, 3.8) is 0 Å². The third-order valence-corrected chi connectivity index (χ3v) is 6.15. The van der Waals surface area contributed by atoms with Crippen LogP contribution in [0, 0.1) is 5.82 Å². The van der Waals surface area contributed by atoms with E-state index in [0.29, 0.717) is 36.0 Å². The number of ether oxygens (including phenoxy) is 3. The number of methoxy groups -OCH3 is 2. The number of aromatic nitrogens is 1. The highest BCUT2D eigenvalue weighted by Crippen LogP contribution is 2.34. The number of halogens is 1. The molecule has 1 atom stereocenters. The lowest BCUT2D eigenvalue weighted by Crippen LogP contribution is -2.40. The summed E-state index contributed by atoms with van der Waals surface area (Å²) in [5.41, 5.74) is 1.49. The molecule has 0 spiro atoms. The highest BCUT2D eigenvalue weighted by Gasteiger charge is 2.26. The van der Waals surface area contributed by atoms with Crippen LogP contribution in [-0.4, -0.2) is 61.9 Å². The van der Waals surface area contributed by atoms with Gasteiger partial charge in [-0.15, -0.1) is 0 Å². The predicted octanol–water partition coefficient (Wildman–Crippen LogP) is 3.83. The molecule has 4 rings (SSSR count). The summed E-state index contributed by atoms with van der Waals surface area (Å²) in [5.74, 6) is 0.583. The third kappa shape index (κ3) is 6.85. The van der Waals surface area contributed by atoms with Gasteiger partial charge < -0.3 is 29.0 Å². The van der Waals surface area contributed by atoms with Gasteiger partial charge in [-0.2, -0.15) is 0 Å². The minimum Gasteiger partial charge on any atom is -0.497 e. The second-order valence-electron chi connectivity index (χ2n) is 8.68. The lowest BCUT2D eigenvalue weighted by atomic mass is 10.1. The Hall–Kier alpha value is -3.92. The van der Waals surface area contributed by atoms with Crippen molar-refractivity contribution in [3.8, 4) is 22.8 Å². The van der Waals surface area contributed by atoms with Crippen molar-refractivity contribution >= 4 is 11.8 Å². The smallest absolute Gasteiger partial charge is 0.276 e. The van der Waals surface area contributed by atoms with Gasteiger partial charge in [0.15, 0.2) is 11.5 Å². The number of rotatable bonds is 11. The van der Waals surface area contributed by atoms with Gasteiger partial charge in [0.05, 0.1) is 25.9 Å². The van der Waals surface area contributed by atoms with Gasteiger partial charge in [-0.3, -0.25) is 9.59 Å². The molecule has 37 heavy (non-hydrogen) atoms. The number of benzene rings is 2. The van der Waals surface area contributed by atoms with E-state index < -0.39 is 0 Å². The average molecular weight is 512 g/mol. The molecule has 1 saturated heterocycles. The zero-order chi connectivity index (χ0) is 26.2. The van der Waals surface area contributed by atoms with Crippen molar-refractivity contribution in [1.29, 1.82) is 0 Å². The van der Waals surface area contributed by atoms with E-state index in [2.05, 4.69) is 10.5 Å². The number of nitrogens with zero attached hydrogens (tertiary/aromatic N) is 2. The normalized spacial score (nSPS) is 14.8. The number of amides is 2. The summed E-state index contributed by atoms with van der Waals surface area (Å²) < 4.78 is 35.0. The highest BCUT2D eigenvalue weighted by molar-refractivity contribution is 5.93. The summed E-state index contributed by atoms with van der Waals surface area (Å²) in [6.45, 7) is 1.44. The summed E-state index contributed by atoms with van der Waals surface area (Å²) >= 11 is 0. The van der Waals surface area contributed by atoms with E-state index in [1.54, 1.807) is 48.4 Å². The van der Waals surface area contributed by atoms with Crippen LogP contribution in [0.3, 0.4) is 0 Å². The molecule has 2 heterocycles. The number of carbonyl (C=O) groups excluding carboxylic acids is 2. The first-order chi connectivity index (χ1) is 18.0. The molecule has 9 nitrogen and oxygen atoms in total. The maximum absolute atomic E-state index is 13.4. The molecule has 0 aliphatic carbocycles. The first-order valence-electron chi connectivity index (χ1n) is 12.1. The highest BCUT2D eigenvalue weighted by atomic mass is 19.1. The van der Waals surface area contributed by atoms with Crippen LogP contribution < -0.4 is 14.8 Å². The summed E-state index contributed by atoms with van der Waals surface area (Å²) in [7, 11) is 3.10. The van der Waals surface area contributed by atoms with Gasteiger partial charge in [0.25, 0.3) is 5.91 Å². The fourth-order valence-electron chi connectivity index (χ4n) is 4.11. The Morgan fingerprint density at radius 2 is 1.95 bits per heavy atom. The van der Waals surface area contributed by atoms with Crippen LogP contribution in [-0.2, 0) is 16.1 Å². The Balaban J connectivity index is 1.44. The molecular formula is C27H30FN3O6. The molecule has 1 aromatic heterocycles. The zero-order valence-corrected chi connectivity index (χ0v) is 20.9. The molecule has 1 aliphatic heterocycles. The molecule has 10 heteroatoms. The lowest BCUT2D eigenvalue weighted by molar-refractivity contribution is -0.121. The van der Waals surface area contributed by atoms with Gasteiger partial charge in [0.2, 0.25) is 5.91 Å². The monoisotopic (exact) mass is 511 g/mol. The van der Waals surface area contributed by atoms with Crippen LogP contribution >= 0.6 is 0 Å². The molecule has 0 bridgehead atoms. The third-order valence-electron chi connectivity index (χ3n) is 6.15. The summed E-state index contributed by atoms with van der Waals surface area (Å²) in [6.07, 6.45) is 1.75. The van der Waals surface area contributed by atoms with Crippen LogP contribution in [0.5, 0.6) is 11.5 Å². The van der Waals surface area contributed by atoms with Crippen molar-refractivity contribution in [1.82, 2.24) is 15.4 Å². The summed E-state index contributed by atoms with van der Waals surface area (Å²) in [4.78, 5) is 27.5. The molecule has 2 aromatic carbocycles. The van der Waals surface area contributed by atoms with Crippen molar-refractivity contribution < 1.29 is 32.7 Å². The van der Waals surface area contributed by atoms with E-state index in [1.807, 2.05) is 0 Å². The molecule has 0 radical (unpaired) electrons. The Morgan fingerprint density at radius 1 is 1.14 bits per heavy atom. The van der Waals surface area contributed by atoms with E-state index >= 15 is 0 Å². The topological polar surface area (TPSA) is 103 Å². The van der Waals surface area contributed by atoms with E-state index in [9.17, 15) is 14.0 Å². The van der Waals surface area contributed by atoms with Crippen molar-refractivity contribution in [3.05, 3.63) is 65.6 Å². The van der Waals surface area contributed by atoms with E-state index in [0.717, 1.165) is 18.4 Å². The van der Waals surface area contributed by atoms with E-state index in [-0.39, 0.29) is 48.9 Å². The van der Waals surface area contributed by atoms with Crippen molar-refractivity contribution in [2.75, 3.05) is 33.9 Å². The van der Waals surface area contributed by atoms with Crippen LogP contribution in [0.15, 0.2) is 53.1 Å². The second-order valence-corrected chi connectivity index (χ2v) is 8.68. The zero-order valence-electron chi connectivity index (χ0n) is 20.9. The Kier molecular flexibility index (Phi) is 8.73. The molecule has 1 aliphatic rings. The van der Waals surface area contributed by atoms with Gasteiger partial charge in [-0.1, -0.05) is 17.3 Å². The molecule has 3 aromatic rings. The number of carbonyl (C=O) groups is 2. The van der Waals surface area contributed by atoms with Crippen molar-refractivity contribution in [2.45, 2.75) is 31.9 Å². The SMILES string of the molecule is COc1ccc(OC)c(-c2cc(C(=O)N(CCC(=O)NCc3ccc(F)cc3)C[C@@H]3CCCO3)no2)c1. The summed E-state index contributed by atoms with van der Waals surface area (Å²) in [6, 6.07) is 12.7. The predicted molar refractivity (Wildman–Crippen MR) is 133 cm³/mol. The largest absolute Gasteiger partial charge is 0.497 e. The fraction of sp³-hybridized carbons (Fsp3) is 0.370. The van der Waals surface area contributed by atoms with Crippen LogP contribution in [0.1, 0.15) is 35.3 Å². The van der Waals surface area contributed by atoms with E-state index in [1.165, 1.54) is 19.2 Å². The average Bonchev–Trinajstić information content (AvgIpc) is 3.62. The number of hydrogen-bond acceptors (Lipinski definition) is 7. The molecule has 1 N–H and O–H groups in total. The maximum Gasteiger partial charge on any atom is 0.276 e. The minimum absolute atomic E-state index is 0.0913. The van der Waals surface area contributed by atoms with Gasteiger partial charge >= 0.3 is 0 Å². The lowest BCUT2D eigenvalue weighted by Gasteiger charge is -2.24. The molecular weight excluding hydrogens is 481 g/mol. The standard InChI is InChI=1S/C27H30FN3O6/c1-34-20-9-10-24(35-2)22(14-20)25-15-23(30-37-25)27(33)31(17-21-4-3-13-36-21)12-11-26(32)29-16-18-5-7-19(28)8-6-18/h5-10,14-15,21H,3-4,11-13,16-17H2,1-2H3,(H,29,32)/t21-/m0/s1. The Bertz CT molecular complexity index is 1210. The number of nitrogens with one attached hydrogen (secondary N) is 1. The maximum atomic E-state index is 13.4. The first kappa shape index (κ1) is 26.2. The summed E-state index contributed by atoms with van der Waals surface area (Å²) in [5, 5.41) is 6.80. The quantitative estimate of drug-likeness (QED) is 0.417. The first-order valence-corrected chi connectivity index (χ1v) is 12.1. The van der Waals surface area contributed by atoms with E-state index in [4.69, 9.17) is 18.7 Å². The van der Waals surface area contributed by atoms with Gasteiger partial charge in [-0.05, 0) is 48.7 Å². The molecule has 0 saturated carbocycles. The number of hydrogen-bond donors (Lipinski definition) is 1. The second kappa shape index (κ2) is 12.4. The van der Waals surface area contributed by atoms with Crippen LogP contribution in [0.4, 0.5) is 4.39 Å². The molecule has 0 unspecified atom stereocenters. The fourth-order valence-corrected chi connectivity index (χ4v) is 4.11.